The fraction of sp³-hybridized carbons (Fsp3) is 0.559. The van der Waals surface area contributed by atoms with Gasteiger partial charge in [0.1, 0.15) is 41.6 Å². The highest BCUT2D eigenvalue weighted by molar-refractivity contribution is 6.20. The standard InChI is InChI=1S/C17H15F2N3O.C10H14O3.C7H11F2N3/c1-9-15-13(7-17(2,3)8-14(15)23)22(21-9)10-5-11(18)16(20-4)12(19)6-10;1-6(11)9-7(12)4-10(2,3)5-8(9)13;8-6-1-4(12-11)2-7(9)5(6)3-10/h5-6H,7-8H2,1-3H3;9H,4-5H2,1-3H3;4-7,12H,1-2,11H2. The molecule has 0 aliphatic heterocycles. The molecule has 5 rings (SSSR count). The lowest BCUT2D eigenvalue weighted by Gasteiger charge is -2.30. The maximum atomic E-state index is 13.9. The Hall–Kier alpha value is -4.27. The number of benzene rings is 1. The summed E-state index contributed by atoms with van der Waals surface area (Å²) in [4.78, 5) is 49.0. The Morgan fingerprint density at radius 1 is 1.02 bits per heavy atom. The van der Waals surface area contributed by atoms with Crippen LogP contribution >= 0.6 is 0 Å². The molecule has 2 unspecified atom stereocenters. The number of carbonyl (C=O) groups excluding carboxylic acids is 4. The molecule has 2 fully saturated rings. The second-order valence-electron chi connectivity index (χ2n) is 14.1. The first-order chi connectivity index (χ1) is 22.2. The third-order valence-electron chi connectivity index (χ3n) is 8.62. The van der Waals surface area contributed by atoms with Gasteiger partial charge in [0.05, 0.1) is 35.3 Å². The number of aromatic nitrogens is 2. The van der Waals surface area contributed by atoms with E-state index in [1.807, 2.05) is 27.7 Å². The van der Waals surface area contributed by atoms with E-state index >= 15 is 0 Å². The van der Waals surface area contributed by atoms with Crippen molar-refractivity contribution in [1.29, 1.82) is 5.26 Å². The molecule has 0 bridgehead atoms. The van der Waals surface area contributed by atoms with Crippen LogP contribution in [0.4, 0.5) is 23.2 Å². The number of carbonyl (C=O) groups is 4. The fourth-order valence-electron chi connectivity index (χ4n) is 6.44. The Morgan fingerprint density at radius 2 is 1.52 bits per heavy atom. The number of Topliss-reactive ketones (excluding diaryl/α,β-unsaturated/α-hetero) is 4. The van der Waals surface area contributed by atoms with E-state index in [0.29, 0.717) is 42.6 Å². The zero-order valence-electron chi connectivity index (χ0n) is 27.8. The van der Waals surface area contributed by atoms with Crippen LogP contribution in [0.1, 0.15) is 88.5 Å². The third-order valence-corrected chi connectivity index (χ3v) is 8.62. The van der Waals surface area contributed by atoms with Gasteiger partial charge < -0.3 is 0 Å². The quantitative estimate of drug-likeness (QED) is 0.138. The molecule has 2 saturated carbocycles. The van der Waals surface area contributed by atoms with Crippen molar-refractivity contribution in [2.24, 2.45) is 28.5 Å². The van der Waals surface area contributed by atoms with Crippen LogP contribution in [0.2, 0.25) is 0 Å². The average molecular weight is 673 g/mol. The van der Waals surface area contributed by atoms with E-state index in [4.69, 9.17) is 17.7 Å². The molecule has 1 heterocycles. The number of nitrogens with two attached hydrogens (primary N) is 1. The van der Waals surface area contributed by atoms with Crippen LogP contribution in [0.3, 0.4) is 0 Å². The highest BCUT2D eigenvalue weighted by Gasteiger charge is 2.42. The summed E-state index contributed by atoms with van der Waals surface area (Å²) in [5, 5.41) is 12.7. The summed E-state index contributed by atoms with van der Waals surface area (Å²) in [5.41, 5.74) is 3.13. The van der Waals surface area contributed by atoms with Crippen LogP contribution in [0.25, 0.3) is 10.5 Å². The van der Waals surface area contributed by atoms with Gasteiger partial charge >= 0.3 is 0 Å². The lowest BCUT2D eigenvalue weighted by atomic mass is 9.70. The lowest BCUT2D eigenvalue weighted by molar-refractivity contribution is -0.144. The highest BCUT2D eigenvalue weighted by Crippen LogP contribution is 2.38. The summed E-state index contributed by atoms with van der Waals surface area (Å²) >= 11 is 0. The molecule has 0 saturated heterocycles. The Bertz CT molecular complexity index is 1630. The molecule has 1 aromatic heterocycles. The number of alkyl halides is 2. The topological polar surface area (TPSA) is 152 Å². The average Bonchev–Trinajstić information content (AvgIpc) is 3.27. The molecule has 1 aromatic carbocycles. The molecule has 3 aliphatic carbocycles. The summed E-state index contributed by atoms with van der Waals surface area (Å²) in [5.74, 6) is 0.359. The van der Waals surface area contributed by atoms with E-state index in [1.165, 1.54) is 11.6 Å². The second-order valence-corrected chi connectivity index (χ2v) is 14.1. The maximum Gasteiger partial charge on any atom is 0.256 e. The van der Waals surface area contributed by atoms with Gasteiger partial charge in [0, 0.05) is 25.3 Å². The highest BCUT2D eigenvalue weighted by atomic mass is 19.2. The summed E-state index contributed by atoms with van der Waals surface area (Å²) in [7, 11) is 0. The number of rotatable bonds is 3. The number of ketones is 4. The van der Waals surface area contributed by atoms with Crippen molar-refractivity contribution in [3.8, 4) is 11.8 Å². The molecule has 10 nitrogen and oxygen atoms in total. The first-order valence-corrected chi connectivity index (χ1v) is 15.4. The van der Waals surface area contributed by atoms with Crippen LogP contribution in [-0.2, 0) is 20.8 Å². The minimum Gasteiger partial charge on any atom is -0.299 e. The fourth-order valence-corrected chi connectivity index (χ4v) is 6.44. The Kier molecular flexibility index (Phi) is 11.8. The zero-order chi connectivity index (χ0) is 36.3. The lowest BCUT2D eigenvalue weighted by Crippen LogP contribution is -2.46. The van der Waals surface area contributed by atoms with Crippen molar-refractivity contribution >= 4 is 28.8 Å². The molecular formula is C34H40F4N6O4. The van der Waals surface area contributed by atoms with Gasteiger partial charge in [0.25, 0.3) is 5.69 Å². The smallest absolute Gasteiger partial charge is 0.256 e. The van der Waals surface area contributed by atoms with Gasteiger partial charge in [-0.3, -0.25) is 30.4 Å². The molecule has 3 N–H and O–H groups in total. The molecule has 14 heteroatoms. The number of nitrogens with zero attached hydrogens (tertiary/aromatic N) is 4. The number of hydrazine groups is 1. The van der Waals surface area contributed by atoms with Gasteiger partial charge in [-0.1, -0.05) is 27.7 Å². The van der Waals surface area contributed by atoms with Crippen LogP contribution in [0, 0.1) is 59.1 Å². The van der Waals surface area contributed by atoms with E-state index in [2.05, 4.69) is 15.4 Å². The predicted octanol–water partition coefficient (Wildman–Crippen LogP) is 5.74. The molecule has 3 aliphatic rings. The van der Waals surface area contributed by atoms with Gasteiger partial charge in [-0.25, -0.2) is 27.1 Å². The van der Waals surface area contributed by atoms with E-state index in [0.717, 1.165) is 12.1 Å². The first kappa shape index (κ1) is 38.2. The SMILES string of the molecule is CC(=O)C1C(=O)CC(C)(C)CC1=O.N#CC1C(F)CC(NN)CC1F.[C-]#[N+]c1c(F)cc(-n2nc(C)c3c2CC(C)(C)CC3=O)cc1F. The number of fused-ring (bicyclic) bond motifs is 1. The number of nitriles is 1. The van der Waals surface area contributed by atoms with Crippen molar-refractivity contribution in [1.82, 2.24) is 15.2 Å². The number of aryl methyl sites for hydroxylation is 1. The number of hydrogen-bond donors (Lipinski definition) is 2. The van der Waals surface area contributed by atoms with Crippen molar-refractivity contribution in [3.63, 3.8) is 0 Å². The molecule has 2 aromatic rings. The van der Waals surface area contributed by atoms with Crippen molar-refractivity contribution in [2.75, 3.05) is 0 Å². The van der Waals surface area contributed by atoms with Gasteiger partial charge in [0.2, 0.25) is 0 Å². The molecule has 0 amide bonds. The number of halogens is 4. The third kappa shape index (κ3) is 8.60. The molecule has 2 atom stereocenters. The monoisotopic (exact) mass is 672 g/mol. The van der Waals surface area contributed by atoms with Crippen molar-refractivity contribution in [2.45, 2.75) is 98.5 Å². The van der Waals surface area contributed by atoms with Crippen LogP contribution in [-0.4, -0.2) is 51.3 Å². The summed E-state index contributed by atoms with van der Waals surface area (Å²) in [6, 6.07) is 3.44. The van der Waals surface area contributed by atoms with E-state index in [-0.39, 0.29) is 58.5 Å². The molecular weight excluding hydrogens is 632 g/mol. The molecule has 48 heavy (non-hydrogen) atoms. The minimum atomic E-state index is -1.40. The van der Waals surface area contributed by atoms with E-state index in [9.17, 15) is 36.7 Å². The van der Waals surface area contributed by atoms with Crippen LogP contribution in [0.5, 0.6) is 0 Å². The molecule has 0 radical (unpaired) electrons. The van der Waals surface area contributed by atoms with Gasteiger partial charge in [0.15, 0.2) is 17.3 Å². The molecule has 0 spiro atoms. The molecule has 258 valence electrons. The van der Waals surface area contributed by atoms with Gasteiger partial charge in [-0.05, 0) is 56.1 Å². The van der Waals surface area contributed by atoms with E-state index in [1.54, 1.807) is 13.0 Å². The summed E-state index contributed by atoms with van der Waals surface area (Å²) in [6.45, 7) is 17.5. The Labute approximate surface area is 276 Å². The minimum absolute atomic E-state index is 0.00118. The summed E-state index contributed by atoms with van der Waals surface area (Å²) in [6.07, 6.45) is -0.884. The predicted molar refractivity (Wildman–Crippen MR) is 167 cm³/mol. The van der Waals surface area contributed by atoms with Gasteiger partial charge in [-0.15, -0.1) is 0 Å². The number of hydrogen-bond acceptors (Lipinski definition) is 8. The first-order valence-electron chi connectivity index (χ1n) is 15.4. The van der Waals surface area contributed by atoms with Crippen LogP contribution in [0.15, 0.2) is 12.1 Å². The largest absolute Gasteiger partial charge is 0.299 e. The zero-order valence-corrected chi connectivity index (χ0v) is 27.8. The van der Waals surface area contributed by atoms with Crippen molar-refractivity contribution < 1.29 is 36.7 Å². The Morgan fingerprint density at radius 3 is 1.96 bits per heavy atom. The normalized spacial score (nSPS) is 24.6. The summed E-state index contributed by atoms with van der Waals surface area (Å²) < 4.78 is 55.2. The van der Waals surface area contributed by atoms with E-state index < -0.39 is 41.5 Å². The maximum absolute atomic E-state index is 13.9. The van der Waals surface area contributed by atoms with Crippen LogP contribution < -0.4 is 11.3 Å². The van der Waals surface area contributed by atoms with Gasteiger partial charge in [-0.2, -0.15) is 10.4 Å². The second kappa shape index (κ2) is 14.9. The van der Waals surface area contributed by atoms with Crippen molar-refractivity contribution in [3.05, 3.63) is 52.1 Å². The Balaban J connectivity index is 0.000000213. The number of nitrogens with one attached hydrogen (secondary N) is 1.